The highest BCUT2D eigenvalue weighted by Gasteiger charge is 2.08. The molecule has 1 rings (SSSR count). The second-order valence-corrected chi connectivity index (χ2v) is 5.32. The number of rotatable bonds is 7. The molecule has 0 saturated heterocycles. The highest BCUT2D eigenvalue weighted by Crippen LogP contribution is 2.18. The smallest absolute Gasteiger partial charge is 0.123 e. The summed E-state index contributed by atoms with van der Waals surface area (Å²) in [6.07, 6.45) is 0. The molecule has 0 bridgehead atoms. The molecule has 0 saturated carbocycles. The Bertz CT molecular complexity index is 316. The van der Waals surface area contributed by atoms with Gasteiger partial charge in [-0.2, -0.15) is 0 Å². The minimum absolute atomic E-state index is 0.194. The van der Waals surface area contributed by atoms with Crippen molar-refractivity contribution in [3.63, 3.8) is 0 Å². The second-order valence-electron chi connectivity index (χ2n) is 4.16. The van der Waals surface area contributed by atoms with E-state index in [9.17, 15) is 4.39 Å². The summed E-state index contributed by atoms with van der Waals surface area (Å²) < 4.78 is 12.7. The molecular formula is C13H20FNOS. The van der Waals surface area contributed by atoms with Gasteiger partial charge in [0.05, 0.1) is 6.61 Å². The first-order valence-electron chi connectivity index (χ1n) is 5.86. The summed E-state index contributed by atoms with van der Waals surface area (Å²) in [5.74, 6) is 0.752. The Balaban J connectivity index is 2.33. The molecule has 0 heterocycles. The molecule has 0 aliphatic carbocycles. The third kappa shape index (κ3) is 5.52. The van der Waals surface area contributed by atoms with Gasteiger partial charge in [-0.25, -0.2) is 4.39 Å². The van der Waals surface area contributed by atoms with E-state index in [0.29, 0.717) is 12.6 Å². The Morgan fingerprint density at radius 2 is 1.88 bits per heavy atom. The molecule has 1 N–H and O–H groups in total. The lowest BCUT2D eigenvalue weighted by Gasteiger charge is -2.25. The summed E-state index contributed by atoms with van der Waals surface area (Å²) in [4.78, 5) is 3.32. The largest absolute Gasteiger partial charge is 0.395 e. The Kier molecular flexibility index (Phi) is 6.55. The van der Waals surface area contributed by atoms with Crippen molar-refractivity contribution in [1.82, 2.24) is 4.90 Å². The predicted octanol–water partition coefficient (Wildman–Crippen LogP) is 2.62. The van der Waals surface area contributed by atoms with Gasteiger partial charge in [0.1, 0.15) is 5.82 Å². The maximum absolute atomic E-state index is 12.7. The molecule has 0 unspecified atom stereocenters. The van der Waals surface area contributed by atoms with Crippen molar-refractivity contribution in [3.8, 4) is 0 Å². The van der Waals surface area contributed by atoms with Crippen LogP contribution in [0.4, 0.5) is 4.39 Å². The summed E-state index contributed by atoms with van der Waals surface area (Å²) in [5.41, 5.74) is 0. The first-order chi connectivity index (χ1) is 8.13. The number of benzene rings is 1. The molecule has 0 aliphatic heterocycles. The molecule has 0 aliphatic rings. The van der Waals surface area contributed by atoms with Crippen molar-refractivity contribution in [2.24, 2.45) is 0 Å². The van der Waals surface area contributed by atoms with E-state index >= 15 is 0 Å². The van der Waals surface area contributed by atoms with E-state index in [1.165, 1.54) is 12.1 Å². The zero-order valence-corrected chi connectivity index (χ0v) is 11.2. The summed E-state index contributed by atoms with van der Waals surface area (Å²) in [6, 6.07) is 7.00. The molecule has 0 atom stereocenters. The van der Waals surface area contributed by atoms with Crippen LogP contribution in [0.25, 0.3) is 0 Å². The van der Waals surface area contributed by atoms with E-state index in [1.54, 1.807) is 23.9 Å². The van der Waals surface area contributed by atoms with E-state index < -0.39 is 0 Å². The van der Waals surface area contributed by atoms with Crippen molar-refractivity contribution < 1.29 is 9.50 Å². The van der Waals surface area contributed by atoms with Gasteiger partial charge in [-0.3, -0.25) is 4.90 Å². The molecule has 0 aromatic heterocycles. The summed E-state index contributed by atoms with van der Waals surface area (Å²) in [6.45, 7) is 6.08. The lowest BCUT2D eigenvalue weighted by atomic mass is 10.3. The molecule has 1 aromatic carbocycles. The van der Waals surface area contributed by atoms with E-state index in [4.69, 9.17) is 5.11 Å². The van der Waals surface area contributed by atoms with Crippen molar-refractivity contribution in [2.75, 3.05) is 25.4 Å². The molecule has 96 valence electrons. The molecule has 0 fully saturated rings. The van der Waals surface area contributed by atoms with Gasteiger partial charge in [0.2, 0.25) is 0 Å². The quantitative estimate of drug-likeness (QED) is 0.760. The average Bonchev–Trinajstić information content (AvgIpc) is 2.30. The first kappa shape index (κ1) is 14.5. The lowest BCUT2D eigenvalue weighted by Crippen LogP contribution is -2.35. The molecule has 4 heteroatoms. The van der Waals surface area contributed by atoms with Crippen LogP contribution in [-0.2, 0) is 0 Å². The summed E-state index contributed by atoms with van der Waals surface area (Å²) in [7, 11) is 0. The first-order valence-corrected chi connectivity index (χ1v) is 6.85. The van der Waals surface area contributed by atoms with Crippen LogP contribution in [0.15, 0.2) is 29.2 Å². The fourth-order valence-corrected chi connectivity index (χ4v) is 2.46. The van der Waals surface area contributed by atoms with E-state index in [2.05, 4.69) is 18.7 Å². The zero-order valence-electron chi connectivity index (χ0n) is 10.4. The third-order valence-electron chi connectivity index (χ3n) is 2.58. The number of thioether (sulfide) groups is 1. The molecule has 17 heavy (non-hydrogen) atoms. The SMILES string of the molecule is CC(C)N(CCO)CCSc1ccc(F)cc1. The minimum Gasteiger partial charge on any atom is -0.395 e. The molecular weight excluding hydrogens is 237 g/mol. The number of hydrogen-bond donors (Lipinski definition) is 1. The Hall–Kier alpha value is -0.580. The molecule has 0 radical (unpaired) electrons. The van der Waals surface area contributed by atoms with Crippen molar-refractivity contribution in [1.29, 1.82) is 0 Å². The van der Waals surface area contributed by atoms with Crippen LogP contribution in [0.1, 0.15) is 13.8 Å². The molecule has 0 spiro atoms. The van der Waals surface area contributed by atoms with Crippen LogP contribution in [0.5, 0.6) is 0 Å². The van der Waals surface area contributed by atoms with Crippen LogP contribution in [0.3, 0.4) is 0 Å². The van der Waals surface area contributed by atoms with Crippen LogP contribution in [0.2, 0.25) is 0 Å². The van der Waals surface area contributed by atoms with Gasteiger partial charge in [-0.05, 0) is 38.1 Å². The summed E-state index contributed by atoms with van der Waals surface area (Å²) >= 11 is 1.71. The summed E-state index contributed by atoms with van der Waals surface area (Å²) in [5, 5.41) is 8.94. The van der Waals surface area contributed by atoms with Crippen molar-refractivity contribution >= 4 is 11.8 Å². The predicted molar refractivity (Wildman–Crippen MR) is 70.9 cm³/mol. The highest BCUT2D eigenvalue weighted by atomic mass is 32.2. The standard InChI is InChI=1S/C13H20FNOS/c1-11(2)15(7-9-16)8-10-17-13-5-3-12(14)4-6-13/h3-6,11,16H,7-10H2,1-2H3. The zero-order chi connectivity index (χ0) is 12.7. The Morgan fingerprint density at radius 3 is 2.41 bits per heavy atom. The van der Waals surface area contributed by atoms with Crippen LogP contribution >= 0.6 is 11.8 Å². The minimum atomic E-state index is -0.196. The number of nitrogens with zero attached hydrogens (tertiary/aromatic N) is 1. The van der Waals surface area contributed by atoms with Crippen molar-refractivity contribution in [2.45, 2.75) is 24.8 Å². The third-order valence-corrected chi connectivity index (χ3v) is 3.57. The van der Waals surface area contributed by atoms with Crippen LogP contribution in [0, 0.1) is 5.82 Å². The maximum Gasteiger partial charge on any atom is 0.123 e. The average molecular weight is 257 g/mol. The Labute approximate surface area is 107 Å². The van der Waals surface area contributed by atoms with Crippen molar-refractivity contribution in [3.05, 3.63) is 30.1 Å². The fourth-order valence-electron chi connectivity index (χ4n) is 1.57. The van der Waals surface area contributed by atoms with Gasteiger partial charge in [0.25, 0.3) is 0 Å². The van der Waals surface area contributed by atoms with Gasteiger partial charge in [0.15, 0.2) is 0 Å². The van der Waals surface area contributed by atoms with Gasteiger partial charge in [-0.1, -0.05) is 0 Å². The fraction of sp³-hybridized carbons (Fsp3) is 0.538. The second kappa shape index (κ2) is 7.69. The normalized spacial score (nSPS) is 11.4. The molecule has 1 aromatic rings. The van der Waals surface area contributed by atoms with E-state index in [-0.39, 0.29) is 12.4 Å². The number of halogens is 1. The number of aliphatic hydroxyl groups excluding tert-OH is 1. The van der Waals surface area contributed by atoms with E-state index in [1.807, 2.05) is 0 Å². The lowest BCUT2D eigenvalue weighted by molar-refractivity contribution is 0.174. The topological polar surface area (TPSA) is 23.5 Å². The van der Waals surface area contributed by atoms with Crippen LogP contribution < -0.4 is 0 Å². The van der Waals surface area contributed by atoms with Gasteiger partial charge >= 0.3 is 0 Å². The van der Waals surface area contributed by atoms with Gasteiger partial charge < -0.3 is 5.11 Å². The van der Waals surface area contributed by atoms with Crippen LogP contribution in [-0.4, -0.2) is 41.5 Å². The van der Waals surface area contributed by atoms with Gasteiger partial charge in [-0.15, -0.1) is 11.8 Å². The Morgan fingerprint density at radius 1 is 1.24 bits per heavy atom. The number of aliphatic hydroxyl groups is 1. The van der Waals surface area contributed by atoms with Gasteiger partial charge in [0, 0.05) is 29.8 Å². The molecule has 2 nitrogen and oxygen atoms in total. The number of hydrogen-bond acceptors (Lipinski definition) is 3. The maximum atomic E-state index is 12.7. The van der Waals surface area contributed by atoms with E-state index in [0.717, 1.165) is 17.2 Å². The highest BCUT2D eigenvalue weighted by molar-refractivity contribution is 7.99. The molecule has 0 amide bonds. The monoisotopic (exact) mass is 257 g/mol.